The van der Waals surface area contributed by atoms with E-state index < -0.39 is 0 Å². The van der Waals surface area contributed by atoms with Gasteiger partial charge in [-0.1, -0.05) is 30.4 Å². The van der Waals surface area contributed by atoms with Crippen molar-refractivity contribution in [3.05, 3.63) is 16.4 Å². The van der Waals surface area contributed by atoms with Gasteiger partial charge in [0.15, 0.2) is 5.69 Å². The summed E-state index contributed by atoms with van der Waals surface area (Å²) in [5.74, 6) is 0.230. The SMILES string of the molecule is Cc1c(C(=O)Nc2nnc(CC(C)C)s2)nnn1C1CCNCC1. The van der Waals surface area contributed by atoms with Gasteiger partial charge < -0.3 is 5.32 Å². The first-order valence-corrected chi connectivity index (χ1v) is 9.12. The Labute approximate surface area is 145 Å². The first kappa shape index (κ1) is 17.0. The zero-order chi connectivity index (χ0) is 17.1. The van der Waals surface area contributed by atoms with Crippen LogP contribution in [-0.4, -0.2) is 44.2 Å². The van der Waals surface area contributed by atoms with Gasteiger partial charge in [0.25, 0.3) is 5.91 Å². The Bertz CT molecular complexity index is 702. The molecule has 0 unspecified atom stereocenters. The normalized spacial score (nSPS) is 15.8. The molecule has 0 bridgehead atoms. The molecule has 8 nitrogen and oxygen atoms in total. The fraction of sp³-hybridized carbons (Fsp3) is 0.667. The number of hydrogen-bond donors (Lipinski definition) is 2. The third-order valence-corrected chi connectivity index (χ3v) is 4.93. The van der Waals surface area contributed by atoms with Gasteiger partial charge in [-0.15, -0.1) is 15.3 Å². The van der Waals surface area contributed by atoms with Gasteiger partial charge in [-0.05, 0) is 38.8 Å². The fourth-order valence-corrected chi connectivity index (χ4v) is 3.79. The van der Waals surface area contributed by atoms with Crippen LogP contribution in [0.2, 0.25) is 0 Å². The molecule has 1 fully saturated rings. The van der Waals surface area contributed by atoms with Crippen molar-refractivity contribution in [2.24, 2.45) is 5.92 Å². The molecule has 3 rings (SSSR count). The molecule has 2 N–H and O–H groups in total. The van der Waals surface area contributed by atoms with Gasteiger partial charge in [0, 0.05) is 6.42 Å². The van der Waals surface area contributed by atoms with Crippen LogP contribution in [0.5, 0.6) is 0 Å². The van der Waals surface area contributed by atoms with E-state index in [1.54, 1.807) is 0 Å². The summed E-state index contributed by atoms with van der Waals surface area (Å²) in [6.07, 6.45) is 2.86. The largest absolute Gasteiger partial charge is 0.317 e. The lowest BCUT2D eigenvalue weighted by Crippen LogP contribution is -2.30. The zero-order valence-electron chi connectivity index (χ0n) is 14.2. The first-order valence-electron chi connectivity index (χ1n) is 8.31. The Morgan fingerprint density at radius 3 is 2.79 bits per heavy atom. The molecule has 0 atom stereocenters. The lowest BCUT2D eigenvalue weighted by molar-refractivity contribution is 0.102. The minimum atomic E-state index is -0.278. The summed E-state index contributed by atoms with van der Waals surface area (Å²) in [6.45, 7) is 8.08. The van der Waals surface area contributed by atoms with Gasteiger partial charge in [-0.2, -0.15) is 0 Å². The van der Waals surface area contributed by atoms with E-state index in [-0.39, 0.29) is 5.91 Å². The minimum absolute atomic E-state index is 0.278. The molecule has 0 spiro atoms. The van der Waals surface area contributed by atoms with Crippen LogP contribution >= 0.6 is 11.3 Å². The molecule has 2 aromatic rings. The molecule has 3 heterocycles. The predicted octanol–water partition coefficient (Wildman–Crippen LogP) is 1.81. The Morgan fingerprint density at radius 2 is 2.08 bits per heavy atom. The van der Waals surface area contributed by atoms with Crippen molar-refractivity contribution in [3.8, 4) is 0 Å². The number of nitrogens with one attached hydrogen (secondary N) is 2. The summed E-state index contributed by atoms with van der Waals surface area (Å²) in [4.78, 5) is 12.5. The van der Waals surface area contributed by atoms with E-state index in [9.17, 15) is 4.79 Å². The molecule has 0 radical (unpaired) electrons. The molecule has 0 aromatic carbocycles. The molecule has 1 amide bonds. The number of rotatable bonds is 5. The van der Waals surface area contributed by atoms with Gasteiger partial charge in [-0.25, -0.2) is 4.68 Å². The van der Waals surface area contributed by atoms with Crippen molar-refractivity contribution < 1.29 is 4.79 Å². The van der Waals surface area contributed by atoms with Gasteiger partial charge in [-0.3, -0.25) is 10.1 Å². The summed E-state index contributed by atoms with van der Waals surface area (Å²) < 4.78 is 1.88. The lowest BCUT2D eigenvalue weighted by atomic mass is 10.1. The van der Waals surface area contributed by atoms with Crippen LogP contribution in [-0.2, 0) is 6.42 Å². The maximum absolute atomic E-state index is 12.5. The number of nitrogens with zero attached hydrogens (tertiary/aromatic N) is 5. The second-order valence-corrected chi connectivity index (χ2v) is 7.56. The van der Waals surface area contributed by atoms with Crippen molar-refractivity contribution in [1.29, 1.82) is 0 Å². The number of hydrogen-bond acceptors (Lipinski definition) is 7. The fourth-order valence-electron chi connectivity index (χ4n) is 2.84. The zero-order valence-corrected chi connectivity index (χ0v) is 15.1. The second-order valence-electron chi connectivity index (χ2n) is 6.50. The molecule has 1 aliphatic rings. The first-order chi connectivity index (χ1) is 11.5. The summed E-state index contributed by atoms with van der Waals surface area (Å²) in [5.41, 5.74) is 1.15. The van der Waals surface area contributed by atoms with Gasteiger partial charge in [0.2, 0.25) is 5.13 Å². The van der Waals surface area contributed by atoms with Crippen molar-refractivity contribution in [1.82, 2.24) is 30.5 Å². The smallest absolute Gasteiger partial charge is 0.279 e. The Hall–Kier alpha value is -1.87. The summed E-state index contributed by atoms with van der Waals surface area (Å²) in [5, 5.41) is 24.0. The number of anilines is 1. The Morgan fingerprint density at radius 1 is 1.33 bits per heavy atom. The average Bonchev–Trinajstić information content (AvgIpc) is 3.14. The van der Waals surface area contributed by atoms with Gasteiger partial charge in [0.05, 0.1) is 11.7 Å². The van der Waals surface area contributed by atoms with Crippen molar-refractivity contribution in [2.75, 3.05) is 18.4 Å². The van der Waals surface area contributed by atoms with Gasteiger partial charge >= 0.3 is 0 Å². The van der Waals surface area contributed by atoms with E-state index in [1.807, 2.05) is 11.6 Å². The van der Waals surface area contributed by atoms with Crippen LogP contribution in [0.3, 0.4) is 0 Å². The molecular weight excluding hydrogens is 326 g/mol. The van der Waals surface area contributed by atoms with Crippen LogP contribution < -0.4 is 10.6 Å². The van der Waals surface area contributed by atoms with E-state index in [0.29, 0.717) is 22.8 Å². The number of carbonyl (C=O) groups is 1. The van der Waals surface area contributed by atoms with Crippen molar-refractivity contribution >= 4 is 22.4 Å². The van der Waals surface area contributed by atoms with Gasteiger partial charge in [0.1, 0.15) is 5.01 Å². The monoisotopic (exact) mass is 349 g/mol. The third kappa shape index (κ3) is 3.78. The maximum Gasteiger partial charge on any atom is 0.279 e. The number of aromatic nitrogens is 5. The molecule has 24 heavy (non-hydrogen) atoms. The van der Waals surface area contributed by atoms with E-state index in [4.69, 9.17) is 0 Å². The minimum Gasteiger partial charge on any atom is -0.317 e. The quantitative estimate of drug-likeness (QED) is 0.854. The number of piperidine rings is 1. The highest BCUT2D eigenvalue weighted by Crippen LogP contribution is 2.22. The Balaban J connectivity index is 1.69. The van der Waals surface area contributed by atoms with Crippen LogP contribution in [0.25, 0.3) is 0 Å². The van der Waals surface area contributed by atoms with E-state index in [1.165, 1.54) is 11.3 Å². The second kappa shape index (κ2) is 7.35. The highest BCUT2D eigenvalue weighted by atomic mass is 32.1. The highest BCUT2D eigenvalue weighted by Gasteiger charge is 2.23. The molecule has 0 aliphatic carbocycles. The molecule has 9 heteroatoms. The Kier molecular flexibility index (Phi) is 5.20. The maximum atomic E-state index is 12.5. The highest BCUT2D eigenvalue weighted by molar-refractivity contribution is 7.15. The molecule has 130 valence electrons. The predicted molar refractivity (Wildman–Crippen MR) is 92.3 cm³/mol. The average molecular weight is 349 g/mol. The molecule has 1 aliphatic heterocycles. The molecular formula is C15H23N7OS. The molecule has 2 aromatic heterocycles. The lowest BCUT2D eigenvalue weighted by Gasteiger charge is -2.23. The summed E-state index contributed by atoms with van der Waals surface area (Å²) >= 11 is 1.41. The van der Waals surface area contributed by atoms with E-state index in [0.717, 1.165) is 43.1 Å². The molecule has 0 saturated carbocycles. The topological polar surface area (TPSA) is 97.6 Å². The van der Waals surface area contributed by atoms with Crippen LogP contribution in [0.15, 0.2) is 0 Å². The summed E-state index contributed by atoms with van der Waals surface area (Å²) in [7, 11) is 0. The van der Waals surface area contributed by atoms with E-state index >= 15 is 0 Å². The third-order valence-electron chi connectivity index (χ3n) is 4.07. The van der Waals surface area contributed by atoms with Crippen LogP contribution in [0, 0.1) is 12.8 Å². The van der Waals surface area contributed by atoms with Crippen molar-refractivity contribution in [3.63, 3.8) is 0 Å². The van der Waals surface area contributed by atoms with E-state index in [2.05, 4.69) is 45.0 Å². The standard InChI is InChI=1S/C15H23N7OS/c1-9(2)8-12-18-20-15(24-12)17-14(23)13-10(3)22(21-19-13)11-4-6-16-7-5-11/h9,11,16H,4-8H2,1-3H3,(H,17,20,23). The van der Waals surface area contributed by atoms with Crippen molar-refractivity contribution in [2.45, 2.75) is 46.1 Å². The molecule has 1 saturated heterocycles. The summed E-state index contributed by atoms with van der Waals surface area (Å²) in [6, 6.07) is 0.305. The van der Waals surface area contributed by atoms with Crippen LogP contribution in [0.1, 0.15) is 53.9 Å². The number of carbonyl (C=O) groups excluding carboxylic acids is 1. The van der Waals surface area contributed by atoms with Crippen LogP contribution in [0.4, 0.5) is 5.13 Å². The number of amides is 1.